The summed E-state index contributed by atoms with van der Waals surface area (Å²) in [6.07, 6.45) is 3.16. The van der Waals surface area contributed by atoms with Crippen molar-refractivity contribution in [2.75, 3.05) is 19.7 Å². The van der Waals surface area contributed by atoms with Crippen LogP contribution in [0.15, 0.2) is 53.8 Å². The normalized spacial score (nSPS) is 20.5. The van der Waals surface area contributed by atoms with Crippen LogP contribution < -0.4 is 5.69 Å². The predicted octanol–water partition coefficient (Wildman–Crippen LogP) is 4.95. The van der Waals surface area contributed by atoms with Gasteiger partial charge in [-0.15, -0.1) is 10.2 Å². The molecule has 1 saturated heterocycles. The van der Waals surface area contributed by atoms with Crippen LogP contribution >= 0.6 is 0 Å². The molecule has 0 N–H and O–H groups in total. The van der Waals surface area contributed by atoms with Crippen molar-refractivity contribution in [1.82, 2.24) is 28.6 Å². The Morgan fingerprint density at radius 1 is 1.12 bits per heavy atom. The number of aromatic nitrogens is 5. The van der Waals surface area contributed by atoms with Crippen molar-refractivity contribution in [1.29, 1.82) is 0 Å². The lowest BCUT2D eigenvalue weighted by atomic mass is 9.72. The SMILES string of the molecule is CC(c1cc(C(F)(F)F)c2cn(-c3cccc(C(c4nncn4C)C4CCC4)c3)c(=O)n2c1)N1CCO[C@H](C)C1. The zero-order valence-corrected chi connectivity index (χ0v) is 22.8. The Kier molecular flexibility index (Phi) is 6.82. The fourth-order valence-electron chi connectivity index (χ4n) is 6.11. The van der Waals surface area contributed by atoms with E-state index < -0.39 is 17.4 Å². The van der Waals surface area contributed by atoms with Crippen molar-refractivity contribution in [3.8, 4) is 5.69 Å². The largest absolute Gasteiger partial charge is 0.418 e. The maximum absolute atomic E-state index is 14.3. The molecule has 212 valence electrons. The molecular formula is C29H33F3N6O2. The van der Waals surface area contributed by atoms with E-state index in [1.807, 2.05) is 43.7 Å². The summed E-state index contributed by atoms with van der Waals surface area (Å²) in [5, 5.41) is 8.42. The Bertz CT molecular complexity index is 1580. The maximum Gasteiger partial charge on any atom is 0.418 e. The molecule has 8 nitrogen and oxygen atoms in total. The molecule has 0 bridgehead atoms. The molecule has 2 aliphatic rings. The van der Waals surface area contributed by atoms with Gasteiger partial charge in [-0.3, -0.25) is 13.9 Å². The van der Waals surface area contributed by atoms with E-state index >= 15 is 0 Å². The number of imidazole rings is 1. The first-order valence-corrected chi connectivity index (χ1v) is 13.8. The highest BCUT2D eigenvalue weighted by atomic mass is 19.4. The number of halogens is 3. The van der Waals surface area contributed by atoms with Crippen LogP contribution in [0.4, 0.5) is 13.2 Å². The lowest BCUT2D eigenvalue weighted by Crippen LogP contribution is -2.42. The lowest BCUT2D eigenvalue weighted by Gasteiger charge is -2.36. The lowest BCUT2D eigenvalue weighted by molar-refractivity contribution is -0.136. The molecule has 0 radical (unpaired) electrons. The zero-order chi connectivity index (χ0) is 28.2. The number of ether oxygens (including phenoxy) is 1. The molecule has 1 saturated carbocycles. The van der Waals surface area contributed by atoms with Gasteiger partial charge in [0.25, 0.3) is 0 Å². The molecule has 2 fully saturated rings. The van der Waals surface area contributed by atoms with Crippen molar-refractivity contribution < 1.29 is 17.9 Å². The third kappa shape index (κ3) is 4.75. The summed E-state index contributed by atoms with van der Waals surface area (Å²) in [5.41, 5.74) is 0.389. The highest BCUT2D eigenvalue weighted by Gasteiger charge is 2.36. The minimum atomic E-state index is -4.62. The van der Waals surface area contributed by atoms with Gasteiger partial charge in [-0.1, -0.05) is 18.6 Å². The van der Waals surface area contributed by atoms with Crippen LogP contribution in [-0.4, -0.2) is 54.4 Å². The highest BCUT2D eigenvalue weighted by molar-refractivity contribution is 5.58. The summed E-state index contributed by atoms with van der Waals surface area (Å²) in [6, 6.07) is 8.35. The van der Waals surface area contributed by atoms with Crippen molar-refractivity contribution in [2.45, 2.75) is 57.3 Å². The van der Waals surface area contributed by atoms with Crippen molar-refractivity contribution >= 4 is 5.52 Å². The fourth-order valence-corrected chi connectivity index (χ4v) is 6.11. The molecule has 4 aromatic rings. The topological polar surface area (TPSA) is 69.6 Å². The van der Waals surface area contributed by atoms with Gasteiger partial charge in [0.1, 0.15) is 12.2 Å². The number of morpholine rings is 1. The molecule has 3 aromatic heterocycles. The Morgan fingerprint density at radius 2 is 1.93 bits per heavy atom. The van der Waals surface area contributed by atoms with Gasteiger partial charge < -0.3 is 9.30 Å². The van der Waals surface area contributed by atoms with E-state index in [-0.39, 0.29) is 23.6 Å². The average molecular weight is 555 g/mol. The first-order chi connectivity index (χ1) is 19.1. The van der Waals surface area contributed by atoms with Crippen LogP contribution in [0.3, 0.4) is 0 Å². The van der Waals surface area contributed by atoms with E-state index in [0.29, 0.717) is 36.9 Å². The molecule has 0 spiro atoms. The first kappa shape index (κ1) is 26.8. The number of nitrogens with zero attached hydrogens (tertiary/aromatic N) is 6. The van der Waals surface area contributed by atoms with Crippen LogP contribution in [0.1, 0.15) is 67.6 Å². The predicted molar refractivity (Wildman–Crippen MR) is 144 cm³/mol. The van der Waals surface area contributed by atoms with Gasteiger partial charge in [0.2, 0.25) is 0 Å². The molecule has 11 heteroatoms. The van der Waals surface area contributed by atoms with Gasteiger partial charge in [-0.05, 0) is 61.9 Å². The second-order valence-electron chi connectivity index (χ2n) is 11.1. The minimum Gasteiger partial charge on any atom is -0.376 e. The zero-order valence-electron chi connectivity index (χ0n) is 22.8. The Hall–Kier alpha value is -3.44. The molecule has 0 amide bonds. The summed E-state index contributed by atoms with van der Waals surface area (Å²) >= 11 is 0. The van der Waals surface area contributed by atoms with E-state index in [1.165, 1.54) is 16.8 Å². The molecule has 4 heterocycles. The maximum atomic E-state index is 14.3. The van der Waals surface area contributed by atoms with E-state index in [1.54, 1.807) is 18.6 Å². The summed E-state index contributed by atoms with van der Waals surface area (Å²) in [7, 11) is 1.91. The standard InChI is InChI=1S/C29H33F3N6O2/c1-18-14-36(10-11-40-18)19(2)22-13-24(29(30,31)32)25-16-37(28(39)38(25)15-22)23-9-5-8-21(12-23)26(20-6-4-7-20)27-34-33-17-35(27)3/h5,8-9,12-13,15-20,26H,4,6-7,10-11,14H2,1-3H3/t18-,19?,26?/m1/s1. The smallest absolute Gasteiger partial charge is 0.376 e. The molecule has 2 unspecified atom stereocenters. The summed E-state index contributed by atoms with van der Waals surface area (Å²) in [4.78, 5) is 15.8. The number of benzene rings is 1. The van der Waals surface area contributed by atoms with Crippen molar-refractivity contribution in [2.24, 2.45) is 13.0 Å². The van der Waals surface area contributed by atoms with Gasteiger partial charge in [-0.25, -0.2) is 4.79 Å². The number of hydrogen-bond donors (Lipinski definition) is 0. The quantitative estimate of drug-likeness (QED) is 0.337. The third-order valence-corrected chi connectivity index (χ3v) is 8.55. The van der Waals surface area contributed by atoms with Gasteiger partial charge in [-0.2, -0.15) is 13.2 Å². The Labute approximate surface area is 230 Å². The fraction of sp³-hybridized carbons (Fsp3) is 0.483. The number of aryl methyl sites for hydroxylation is 1. The van der Waals surface area contributed by atoms with Gasteiger partial charge in [0.15, 0.2) is 0 Å². The van der Waals surface area contributed by atoms with Crippen LogP contribution in [0.5, 0.6) is 0 Å². The Balaban J connectivity index is 1.45. The van der Waals surface area contributed by atoms with Crippen LogP contribution in [0.25, 0.3) is 11.2 Å². The van der Waals surface area contributed by atoms with Gasteiger partial charge in [0, 0.05) is 44.5 Å². The van der Waals surface area contributed by atoms with Crippen LogP contribution in [0.2, 0.25) is 0 Å². The average Bonchev–Trinajstić information content (AvgIpc) is 3.47. The van der Waals surface area contributed by atoms with Crippen molar-refractivity contribution in [3.05, 3.63) is 82.1 Å². The number of fused-ring (bicyclic) bond motifs is 1. The Morgan fingerprint density at radius 3 is 2.58 bits per heavy atom. The summed E-state index contributed by atoms with van der Waals surface area (Å²) < 4.78 is 53.0. The van der Waals surface area contributed by atoms with E-state index in [2.05, 4.69) is 15.1 Å². The third-order valence-electron chi connectivity index (χ3n) is 8.55. The van der Waals surface area contributed by atoms with Gasteiger partial charge >= 0.3 is 11.9 Å². The molecule has 1 aromatic carbocycles. The van der Waals surface area contributed by atoms with E-state index in [9.17, 15) is 18.0 Å². The highest BCUT2D eigenvalue weighted by Crippen LogP contribution is 2.43. The first-order valence-electron chi connectivity index (χ1n) is 13.8. The number of hydrogen-bond acceptors (Lipinski definition) is 5. The number of rotatable bonds is 6. The number of alkyl halides is 3. The molecule has 40 heavy (non-hydrogen) atoms. The molecule has 3 atom stereocenters. The van der Waals surface area contributed by atoms with Crippen LogP contribution in [-0.2, 0) is 18.0 Å². The second-order valence-corrected chi connectivity index (χ2v) is 11.1. The second kappa shape index (κ2) is 10.2. The monoisotopic (exact) mass is 554 g/mol. The summed E-state index contributed by atoms with van der Waals surface area (Å²) in [6.45, 7) is 5.56. The minimum absolute atomic E-state index is 0.0107. The molecule has 6 rings (SSSR count). The van der Waals surface area contributed by atoms with Gasteiger partial charge in [0.05, 0.1) is 29.5 Å². The number of pyridine rings is 1. The molecular weight excluding hydrogens is 521 g/mol. The summed E-state index contributed by atoms with van der Waals surface area (Å²) in [5.74, 6) is 1.22. The van der Waals surface area contributed by atoms with E-state index in [4.69, 9.17) is 4.74 Å². The van der Waals surface area contributed by atoms with E-state index in [0.717, 1.165) is 35.1 Å². The molecule has 1 aliphatic heterocycles. The van der Waals surface area contributed by atoms with Crippen molar-refractivity contribution in [3.63, 3.8) is 0 Å². The molecule has 1 aliphatic carbocycles. The van der Waals surface area contributed by atoms with Crippen LogP contribution in [0, 0.1) is 5.92 Å².